The van der Waals surface area contributed by atoms with E-state index in [-0.39, 0.29) is 19.2 Å². The number of nitrogens with one attached hydrogen (secondary N) is 1. The first-order valence-electron chi connectivity index (χ1n) is 9.24. The average molecular weight is 334 g/mol. The van der Waals surface area contributed by atoms with Crippen LogP contribution in [0.3, 0.4) is 0 Å². The number of unbranched alkanes of at least 4 members (excludes halogenated alkanes) is 9. The summed E-state index contributed by atoms with van der Waals surface area (Å²) in [5.74, 6) is -0.157. The van der Waals surface area contributed by atoms with Crippen LogP contribution in [0.2, 0.25) is 0 Å². The molecule has 0 heterocycles. The maximum absolute atomic E-state index is 10.5. The molecule has 0 aliphatic rings. The van der Waals surface area contributed by atoms with E-state index >= 15 is 0 Å². The Morgan fingerprint density at radius 1 is 0.826 bits per heavy atom. The fraction of sp³-hybridized carbons (Fsp3) is 0.944. The van der Waals surface area contributed by atoms with Crippen LogP contribution in [0.15, 0.2) is 0 Å². The molecule has 3 N–H and O–H groups in total. The Bertz CT molecular complexity index is 221. The predicted octanol–water partition coefficient (Wildman–Crippen LogP) is 3.03. The molecule has 0 aromatic heterocycles. The lowest BCUT2D eigenvalue weighted by molar-refractivity contribution is -0.141. The quantitative estimate of drug-likeness (QED) is 0.317. The van der Waals surface area contributed by atoms with Crippen molar-refractivity contribution in [2.75, 3.05) is 32.9 Å². The van der Waals surface area contributed by atoms with Gasteiger partial charge in [-0.25, -0.2) is 0 Å². The summed E-state index contributed by atoms with van der Waals surface area (Å²) in [4.78, 5) is 10.5. The second-order valence-corrected chi connectivity index (χ2v) is 5.72. The normalized spacial score (nSPS) is 10.1. The van der Waals surface area contributed by atoms with Gasteiger partial charge in [0.15, 0.2) is 0 Å². The van der Waals surface area contributed by atoms with Crippen LogP contribution < -0.4 is 5.32 Å². The molecule has 0 fully saturated rings. The summed E-state index contributed by atoms with van der Waals surface area (Å²) < 4.78 is 4.87. The largest absolute Gasteiger partial charge is 0.466 e. The van der Waals surface area contributed by atoms with Crippen molar-refractivity contribution in [3.05, 3.63) is 0 Å². The molecular weight excluding hydrogens is 294 g/mol. The number of carbonyl (C=O) groups is 1. The smallest absolute Gasteiger partial charge is 0.302 e. The highest BCUT2D eigenvalue weighted by Crippen LogP contribution is 2.10. The van der Waals surface area contributed by atoms with E-state index in [1.54, 1.807) is 0 Å². The first kappa shape index (κ1) is 24.6. The van der Waals surface area contributed by atoms with Gasteiger partial charge in [-0.2, -0.15) is 0 Å². The third-order valence-electron chi connectivity index (χ3n) is 3.38. The van der Waals surface area contributed by atoms with Gasteiger partial charge in [-0.1, -0.05) is 64.7 Å². The summed E-state index contributed by atoms with van der Waals surface area (Å²) in [7, 11) is 0. The highest BCUT2D eigenvalue weighted by atomic mass is 16.5. The van der Waals surface area contributed by atoms with Crippen LogP contribution in [0.4, 0.5) is 0 Å². The zero-order chi connectivity index (χ0) is 17.6. The lowest BCUT2D eigenvalue weighted by Gasteiger charge is -2.02. The van der Waals surface area contributed by atoms with Gasteiger partial charge in [0.2, 0.25) is 0 Å². The van der Waals surface area contributed by atoms with E-state index in [9.17, 15) is 4.79 Å². The minimum absolute atomic E-state index is 0.139. The molecule has 0 rings (SSSR count). The summed E-state index contributed by atoms with van der Waals surface area (Å²) in [6, 6.07) is 0. The number of ether oxygens (including phenoxy) is 1. The first-order valence-corrected chi connectivity index (χ1v) is 9.24. The van der Waals surface area contributed by atoms with Gasteiger partial charge in [-0.15, -0.1) is 0 Å². The molecule has 0 amide bonds. The van der Waals surface area contributed by atoms with Crippen molar-refractivity contribution in [2.24, 2.45) is 0 Å². The Balaban J connectivity index is 0. The summed E-state index contributed by atoms with van der Waals surface area (Å²) in [5.41, 5.74) is 0. The SMILES string of the molecule is CCCCCCCCCCCCOC(C)=O.OCCNCCO. The van der Waals surface area contributed by atoms with Gasteiger partial charge >= 0.3 is 5.97 Å². The Morgan fingerprint density at radius 2 is 1.26 bits per heavy atom. The maximum Gasteiger partial charge on any atom is 0.302 e. The lowest BCUT2D eigenvalue weighted by atomic mass is 10.1. The van der Waals surface area contributed by atoms with Crippen LogP contribution in [0.25, 0.3) is 0 Å². The Labute approximate surface area is 142 Å². The molecule has 0 spiro atoms. The van der Waals surface area contributed by atoms with Crippen LogP contribution in [-0.2, 0) is 9.53 Å². The summed E-state index contributed by atoms with van der Waals surface area (Å²) in [5, 5.41) is 19.1. The average Bonchev–Trinajstić information content (AvgIpc) is 2.53. The minimum Gasteiger partial charge on any atom is -0.466 e. The van der Waals surface area contributed by atoms with Gasteiger partial charge in [-0.3, -0.25) is 4.79 Å². The van der Waals surface area contributed by atoms with Gasteiger partial charge < -0.3 is 20.3 Å². The van der Waals surface area contributed by atoms with E-state index in [0.717, 1.165) is 6.42 Å². The van der Waals surface area contributed by atoms with Crippen molar-refractivity contribution in [3.8, 4) is 0 Å². The zero-order valence-electron chi connectivity index (χ0n) is 15.3. The fourth-order valence-corrected chi connectivity index (χ4v) is 2.09. The van der Waals surface area contributed by atoms with Crippen molar-refractivity contribution in [3.63, 3.8) is 0 Å². The van der Waals surface area contributed by atoms with Crippen LogP contribution >= 0.6 is 0 Å². The third-order valence-corrected chi connectivity index (χ3v) is 3.38. The molecule has 0 saturated heterocycles. The highest BCUT2D eigenvalue weighted by Gasteiger charge is 1.94. The molecule has 5 nitrogen and oxygen atoms in total. The van der Waals surface area contributed by atoms with Gasteiger partial charge in [0, 0.05) is 20.0 Å². The third kappa shape index (κ3) is 29.9. The molecule has 0 atom stereocenters. The van der Waals surface area contributed by atoms with E-state index in [1.165, 1.54) is 64.7 Å². The molecule has 0 saturated carbocycles. The van der Waals surface area contributed by atoms with Crippen LogP contribution in [0.1, 0.15) is 78.1 Å². The number of aliphatic hydroxyl groups is 2. The molecular formula is C18H39NO4. The van der Waals surface area contributed by atoms with Crippen molar-refractivity contribution >= 4 is 5.97 Å². The molecule has 0 unspecified atom stereocenters. The first-order chi connectivity index (χ1) is 11.2. The van der Waals surface area contributed by atoms with Crippen LogP contribution in [-0.4, -0.2) is 49.1 Å². The Hall–Kier alpha value is -0.650. The fourth-order valence-electron chi connectivity index (χ4n) is 2.09. The van der Waals surface area contributed by atoms with Crippen molar-refractivity contribution in [2.45, 2.75) is 78.1 Å². The molecule has 0 aromatic rings. The standard InChI is InChI=1S/C14H28O2.C4H11NO2/c1-3-4-5-6-7-8-9-10-11-12-13-16-14(2)15;6-3-1-5-2-4-7/h3-13H2,1-2H3;5-7H,1-4H2. The number of carbonyl (C=O) groups excluding carboxylic acids is 1. The summed E-state index contributed by atoms with van der Waals surface area (Å²) in [6.45, 7) is 5.74. The van der Waals surface area contributed by atoms with Crippen molar-refractivity contribution in [1.29, 1.82) is 0 Å². The zero-order valence-corrected chi connectivity index (χ0v) is 15.3. The van der Waals surface area contributed by atoms with E-state index in [4.69, 9.17) is 14.9 Å². The number of rotatable bonds is 15. The van der Waals surface area contributed by atoms with E-state index in [1.807, 2.05) is 0 Å². The molecule has 0 aliphatic carbocycles. The molecule has 0 aliphatic heterocycles. The molecule has 0 radical (unpaired) electrons. The van der Waals surface area contributed by atoms with Gasteiger partial charge in [0.1, 0.15) is 0 Å². The summed E-state index contributed by atoms with van der Waals surface area (Å²) in [6.07, 6.45) is 13.1. The molecule has 0 aromatic carbocycles. The number of hydrogen-bond acceptors (Lipinski definition) is 5. The van der Waals surface area contributed by atoms with E-state index < -0.39 is 0 Å². The van der Waals surface area contributed by atoms with Crippen molar-refractivity contribution in [1.82, 2.24) is 5.32 Å². The van der Waals surface area contributed by atoms with E-state index in [0.29, 0.717) is 19.7 Å². The molecule has 5 heteroatoms. The van der Waals surface area contributed by atoms with Crippen molar-refractivity contribution < 1.29 is 19.7 Å². The van der Waals surface area contributed by atoms with Crippen LogP contribution in [0.5, 0.6) is 0 Å². The Kier molecular flexibility index (Phi) is 25.3. The van der Waals surface area contributed by atoms with Gasteiger partial charge in [0.05, 0.1) is 19.8 Å². The minimum atomic E-state index is -0.157. The predicted molar refractivity (Wildman–Crippen MR) is 95.5 cm³/mol. The second kappa shape index (κ2) is 23.6. The maximum atomic E-state index is 10.5. The Morgan fingerprint density at radius 3 is 1.65 bits per heavy atom. The lowest BCUT2D eigenvalue weighted by Crippen LogP contribution is -2.21. The summed E-state index contributed by atoms with van der Waals surface area (Å²) >= 11 is 0. The molecule has 0 bridgehead atoms. The van der Waals surface area contributed by atoms with E-state index in [2.05, 4.69) is 12.2 Å². The number of hydrogen-bond donors (Lipinski definition) is 3. The number of aliphatic hydroxyl groups excluding tert-OH is 2. The number of esters is 1. The van der Waals surface area contributed by atoms with Gasteiger partial charge in [0.25, 0.3) is 0 Å². The van der Waals surface area contributed by atoms with Crippen LogP contribution in [0, 0.1) is 0 Å². The highest BCUT2D eigenvalue weighted by molar-refractivity contribution is 5.65. The van der Waals surface area contributed by atoms with Gasteiger partial charge in [-0.05, 0) is 6.42 Å². The second-order valence-electron chi connectivity index (χ2n) is 5.72. The monoisotopic (exact) mass is 333 g/mol. The topological polar surface area (TPSA) is 78.8 Å². The molecule has 23 heavy (non-hydrogen) atoms. The molecule has 140 valence electrons.